The molecule has 10 heteroatoms. The number of amides is 1. The lowest BCUT2D eigenvalue weighted by Gasteiger charge is -2.36. The van der Waals surface area contributed by atoms with Gasteiger partial charge in [-0.3, -0.25) is 18.8 Å². The van der Waals surface area contributed by atoms with Crippen LogP contribution in [0.25, 0.3) is 11.0 Å². The number of imidazole rings is 1. The monoisotopic (exact) mass is 421 g/mol. The van der Waals surface area contributed by atoms with Crippen molar-refractivity contribution < 1.29 is 13.2 Å². The van der Waals surface area contributed by atoms with Crippen molar-refractivity contribution in [2.45, 2.75) is 36.7 Å². The number of rotatable bonds is 5. The molecule has 0 bridgehead atoms. The molecule has 4 rings (SSSR count). The summed E-state index contributed by atoms with van der Waals surface area (Å²) in [6.07, 6.45) is 2.09. The van der Waals surface area contributed by atoms with Gasteiger partial charge in [-0.2, -0.15) is 4.31 Å². The van der Waals surface area contributed by atoms with Crippen LogP contribution < -0.4 is 11.0 Å². The number of carbonyl (C=O) groups excluding carboxylic acids is 1. The number of nitrogens with one attached hydrogen (secondary N) is 1. The third kappa shape index (κ3) is 3.60. The molecule has 1 atom stereocenters. The number of carbonyl (C=O) groups is 1. The van der Waals surface area contributed by atoms with Crippen LogP contribution >= 0.6 is 0 Å². The van der Waals surface area contributed by atoms with E-state index < -0.39 is 10.0 Å². The van der Waals surface area contributed by atoms with Crippen molar-refractivity contribution in [2.24, 2.45) is 14.1 Å². The van der Waals surface area contributed by atoms with Crippen LogP contribution in [0, 0.1) is 0 Å². The van der Waals surface area contributed by atoms with E-state index in [4.69, 9.17) is 0 Å². The van der Waals surface area contributed by atoms with Crippen molar-refractivity contribution in [1.82, 2.24) is 23.7 Å². The highest BCUT2D eigenvalue weighted by Crippen LogP contribution is 2.23. The largest absolute Gasteiger partial charge is 0.352 e. The Balaban J connectivity index is 1.49. The second-order valence-electron chi connectivity index (χ2n) is 7.95. The summed E-state index contributed by atoms with van der Waals surface area (Å²) in [5.41, 5.74) is 1.08. The maximum atomic E-state index is 13.1. The lowest BCUT2D eigenvalue weighted by atomic mass is 10.2. The van der Waals surface area contributed by atoms with Gasteiger partial charge >= 0.3 is 5.69 Å². The molecule has 2 heterocycles. The molecular formula is C19H27N5O4S. The van der Waals surface area contributed by atoms with Crippen molar-refractivity contribution in [3.8, 4) is 0 Å². The van der Waals surface area contributed by atoms with E-state index in [-0.39, 0.29) is 22.5 Å². The van der Waals surface area contributed by atoms with Gasteiger partial charge < -0.3 is 5.32 Å². The first kappa shape index (κ1) is 20.1. The predicted octanol–water partition coefficient (Wildman–Crippen LogP) is -0.150. The molecule has 1 amide bonds. The average Bonchev–Trinajstić information content (AvgIpc) is 3.51. The zero-order valence-electron chi connectivity index (χ0n) is 17.0. The summed E-state index contributed by atoms with van der Waals surface area (Å²) in [4.78, 5) is 26.6. The Bertz CT molecular complexity index is 1110. The number of sulfonamides is 1. The first-order valence-corrected chi connectivity index (χ1v) is 11.3. The Morgan fingerprint density at radius 2 is 1.69 bits per heavy atom. The summed E-state index contributed by atoms with van der Waals surface area (Å²) in [5.74, 6) is 0.0132. The van der Waals surface area contributed by atoms with E-state index in [1.165, 1.54) is 13.4 Å². The molecule has 0 radical (unpaired) electrons. The molecule has 2 aliphatic rings. The quantitative estimate of drug-likeness (QED) is 0.724. The minimum absolute atomic E-state index is 0.0132. The summed E-state index contributed by atoms with van der Waals surface area (Å²) in [6.45, 7) is 3.53. The number of piperazine rings is 1. The second-order valence-corrected chi connectivity index (χ2v) is 9.89. The lowest BCUT2D eigenvalue weighted by molar-refractivity contribution is -0.126. The zero-order chi connectivity index (χ0) is 20.9. The molecule has 1 aliphatic heterocycles. The Morgan fingerprint density at radius 1 is 1.07 bits per heavy atom. The molecule has 1 aromatic heterocycles. The van der Waals surface area contributed by atoms with Crippen LogP contribution in [0.1, 0.15) is 19.8 Å². The van der Waals surface area contributed by atoms with Crippen LogP contribution in [-0.2, 0) is 28.9 Å². The van der Waals surface area contributed by atoms with Crippen LogP contribution in [0.3, 0.4) is 0 Å². The van der Waals surface area contributed by atoms with Crippen molar-refractivity contribution in [3.63, 3.8) is 0 Å². The molecular weight excluding hydrogens is 394 g/mol. The van der Waals surface area contributed by atoms with Gasteiger partial charge in [-0.05, 0) is 38.0 Å². The Labute approximate surface area is 169 Å². The number of fused-ring (bicyclic) bond motifs is 1. The molecule has 1 saturated carbocycles. The van der Waals surface area contributed by atoms with Crippen LogP contribution in [0.4, 0.5) is 0 Å². The number of benzene rings is 1. The maximum absolute atomic E-state index is 13.1. The van der Waals surface area contributed by atoms with E-state index in [2.05, 4.69) is 5.32 Å². The maximum Gasteiger partial charge on any atom is 0.328 e. The van der Waals surface area contributed by atoms with E-state index in [0.29, 0.717) is 43.3 Å². The topological polar surface area (TPSA) is 96.7 Å². The minimum atomic E-state index is -3.67. The minimum Gasteiger partial charge on any atom is -0.352 e. The Hall–Kier alpha value is -2.17. The van der Waals surface area contributed by atoms with Crippen LogP contribution in [0.2, 0.25) is 0 Å². The number of nitrogens with zero attached hydrogens (tertiary/aromatic N) is 4. The lowest BCUT2D eigenvalue weighted by Crippen LogP contribution is -2.55. The van der Waals surface area contributed by atoms with Gasteiger partial charge in [-0.15, -0.1) is 0 Å². The van der Waals surface area contributed by atoms with Gasteiger partial charge in [0.1, 0.15) is 0 Å². The molecule has 158 valence electrons. The fourth-order valence-electron chi connectivity index (χ4n) is 3.84. The highest BCUT2D eigenvalue weighted by atomic mass is 32.2. The summed E-state index contributed by atoms with van der Waals surface area (Å²) >= 11 is 0. The fraction of sp³-hybridized carbons (Fsp3) is 0.579. The number of aryl methyl sites for hydroxylation is 2. The Morgan fingerprint density at radius 3 is 2.31 bits per heavy atom. The number of aromatic nitrogens is 2. The van der Waals surface area contributed by atoms with Crippen LogP contribution in [-0.4, -0.2) is 70.9 Å². The Kier molecular flexibility index (Phi) is 5.04. The first-order valence-electron chi connectivity index (χ1n) is 9.90. The molecule has 9 nitrogen and oxygen atoms in total. The SMILES string of the molecule is CC(C(=O)NC1CC1)N1CCN(S(=O)(=O)c2ccc3c(c2)n(C)c(=O)n3C)CC1. The normalized spacial score (nSPS) is 20.1. The van der Waals surface area contributed by atoms with Crippen molar-refractivity contribution >= 4 is 27.0 Å². The highest BCUT2D eigenvalue weighted by Gasteiger charge is 2.33. The molecule has 0 spiro atoms. The van der Waals surface area contributed by atoms with Gasteiger partial charge in [0.25, 0.3) is 0 Å². The van der Waals surface area contributed by atoms with Crippen LogP contribution in [0.5, 0.6) is 0 Å². The predicted molar refractivity (Wildman–Crippen MR) is 109 cm³/mol. The average molecular weight is 422 g/mol. The summed E-state index contributed by atoms with van der Waals surface area (Å²) in [5, 5.41) is 3.00. The van der Waals surface area contributed by atoms with E-state index >= 15 is 0 Å². The van der Waals surface area contributed by atoms with Gasteiger partial charge in [-0.25, -0.2) is 13.2 Å². The van der Waals surface area contributed by atoms with Crippen molar-refractivity contribution in [1.29, 1.82) is 0 Å². The van der Waals surface area contributed by atoms with Crippen molar-refractivity contribution in [2.75, 3.05) is 26.2 Å². The fourth-order valence-corrected chi connectivity index (χ4v) is 5.29. The third-order valence-electron chi connectivity index (χ3n) is 6.01. The second kappa shape index (κ2) is 7.26. The molecule has 2 fully saturated rings. The molecule has 1 aromatic carbocycles. The molecule has 29 heavy (non-hydrogen) atoms. The van der Waals surface area contributed by atoms with Gasteiger partial charge in [0.05, 0.1) is 22.0 Å². The molecule has 2 aromatic rings. The summed E-state index contributed by atoms with van der Waals surface area (Å²) in [6, 6.07) is 4.83. The first-order chi connectivity index (χ1) is 13.7. The molecule has 1 saturated heterocycles. The zero-order valence-corrected chi connectivity index (χ0v) is 17.8. The van der Waals surface area contributed by atoms with Gasteiger partial charge in [0.15, 0.2) is 0 Å². The van der Waals surface area contributed by atoms with E-state index in [1.807, 2.05) is 11.8 Å². The molecule has 1 aliphatic carbocycles. The summed E-state index contributed by atoms with van der Waals surface area (Å²) < 4.78 is 30.7. The standard InChI is InChI=1S/C19H27N5O4S/c1-13(18(25)20-14-4-5-14)23-8-10-24(11-9-23)29(27,28)15-6-7-16-17(12-15)22(3)19(26)21(16)2/h6-7,12-14H,4-5,8-11H2,1-3H3,(H,20,25). The third-order valence-corrected chi connectivity index (χ3v) is 7.90. The van der Waals surface area contributed by atoms with Crippen LogP contribution in [0.15, 0.2) is 27.9 Å². The number of hydrogen-bond donors (Lipinski definition) is 1. The number of hydrogen-bond acceptors (Lipinski definition) is 5. The van der Waals surface area contributed by atoms with E-state index in [9.17, 15) is 18.0 Å². The summed E-state index contributed by atoms with van der Waals surface area (Å²) in [7, 11) is -0.373. The highest BCUT2D eigenvalue weighted by molar-refractivity contribution is 7.89. The molecule has 1 N–H and O–H groups in total. The van der Waals surface area contributed by atoms with E-state index in [1.54, 1.807) is 32.3 Å². The molecule has 1 unspecified atom stereocenters. The van der Waals surface area contributed by atoms with Gasteiger partial charge in [0, 0.05) is 46.3 Å². The van der Waals surface area contributed by atoms with Gasteiger partial charge in [0.2, 0.25) is 15.9 Å². The van der Waals surface area contributed by atoms with Gasteiger partial charge in [-0.1, -0.05) is 0 Å². The van der Waals surface area contributed by atoms with Crippen molar-refractivity contribution in [3.05, 3.63) is 28.7 Å². The smallest absolute Gasteiger partial charge is 0.328 e. The van der Waals surface area contributed by atoms with E-state index in [0.717, 1.165) is 12.8 Å².